The van der Waals surface area contributed by atoms with Crippen LogP contribution >= 0.6 is 11.3 Å². The Labute approximate surface area is 274 Å². The van der Waals surface area contributed by atoms with E-state index in [0.29, 0.717) is 25.8 Å². The van der Waals surface area contributed by atoms with E-state index in [-0.39, 0.29) is 35.2 Å². The summed E-state index contributed by atoms with van der Waals surface area (Å²) in [7, 11) is 0. The third-order valence-electron chi connectivity index (χ3n) is 9.43. The predicted octanol–water partition coefficient (Wildman–Crippen LogP) is 2.74. The van der Waals surface area contributed by atoms with Gasteiger partial charge in [-0.1, -0.05) is 55.4 Å². The normalized spacial score (nSPS) is 23.7. The maximum atomic E-state index is 14.2. The summed E-state index contributed by atoms with van der Waals surface area (Å²) in [6.45, 7) is 15.7. The van der Waals surface area contributed by atoms with E-state index in [9.17, 15) is 28.8 Å². The summed E-state index contributed by atoms with van der Waals surface area (Å²) >= 11 is 1.49. The Kier molecular flexibility index (Phi) is 9.97. The van der Waals surface area contributed by atoms with E-state index in [2.05, 4.69) is 16.0 Å². The van der Waals surface area contributed by atoms with Gasteiger partial charge >= 0.3 is 12.0 Å². The SMILES string of the molecule is CC(C)(C)C[C@H](NC(=O)N[C@H](C(=O)N1C[C@H]2[C@@H]([C@H]1C(=O)NC(C(=O)C(N)=O)C1CC1)C2(C)C)C(C)(C)C)C(=O)OCc1ccsc1. The summed E-state index contributed by atoms with van der Waals surface area (Å²) in [5, 5.41) is 12.0. The van der Waals surface area contributed by atoms with Crippen molar-refractivity contribution in [1.29, 1.82) is 0 Å². The highest BCUT2D eigenvalue weighted by Crippen LogP contribution is 2.65. The van der Waals surface area contributed by atoms with Gasteiger partial charge in [0.15, 0.2) is 0 Å². The van der Waals surface area contributed by atoms with Crippen LogP contribution in [-0.2, 0) is 35.3 Å². The Morgan fingerprint density at radius 3 is 2.22 bits per heavy atom. The number of piperidine rings is 1. The van der Waals surface area contributed by atoms with Gasteiger partial charge in [-0.05, 0) is 70.1 Å². The lowest BCUT2D eigenvalue weighted by Gasteiger charge is -2.38. The van der Waals surface area contributed by atoms with Crippen LogP contribution in [0, 0.1) is 34.0 Å². The van der Waals surface area contributed by atoms with Crippen molar-refractivity contribution in [3.8, 4) is 0 Å². The number of hydrogen-bond acceptors (Lipinski definition) is 8. The smallest absolute Gasteiger partial charge is 0.329 e. The summed E-state index contributed by atoms with van der Waals surface area (Å²) in [5.74, 6) is -3.73. The lowest BCUT2D eigenvalue weighted by Crippen LogP contribution is -2.62. The van der Waals surface area contributed by atoms with Crippen LogP contribution < -0.4 is 21.7 Å². The van der Waals surface area contributed by atoms with Gasteiger partial charge in [0, 0.05) is 12.1 Å². The molecule has 2 saturated carbocycles. The monoisotopic (exact) mass is 659 g/mol. The van der Waals surface area contributed by atoms with E-state index >= 15 is 0 Å². The highest BCUT2D eigenvalue weighted by Gasteiger charge is 2.70. The number of ether oxygens (including phenoxy) is 1. The third-order valence-corrected chi connectivity index (χ3v) is 10.2. The fraction of sp³-hybridized carbons (Fsp3) is 0.697. The van der Waals surface area contributed by atoms with Gasteiger partial charge in [0.1, 0.15) is 30.8 Å². The summed E-state index contributed by atoms with van der Waals surface area (Å²) in [4.78, 5) is 80.3. The van der Waals surface area contributed by atoms with Gasteiger partial charge in [0.2, 0.25) is 17.6 Å². The Morgan fingerprint density at radius 1 is 1.04 bits per heavy atom. The van der Waals surface area contributed by atoms with Crippen molar-refractivity contribution in [3.63, 3.8) is 0 Å². The number of amides is 5. The van der Waals surface area contributed by atoms with Crippen LogP contribution in [0.25, 0.3) is 0 Å². The molecule has 1 aromatic rings. The van der Waals surface area contributed by atoms with E-state index in [1.165, 1.54) is 16.2 Å². The molecule has 12 nitrogen and oxygen atoms in total. The third kappa shape index (κ3) is 8.08. The standard InChI is InChI=1S/C33H49N5O7S/c1-31(2,3)13-20(29(43)45-15-17-11-12-46-16-17)35-30(44)37-25(32(4,5)6)28(42)38-14-19-21(33(19,7)8)23(38)27(41)36-22(18-9-10-18)24(39)26(34)40/h11-12,16,18-23,25H,9-10,13-15H2,1-8H3,(H2,34,40)(H,36,41)(H2,35,37,44)/t19-,20-,21-,22?,23-,25+/m0/s1. The van der Waals surface area contributed by atoms with Crippen LogP contribution in [-0.4, -0.2) is 71.1 Å². The number of fused-ring (bicyclic) bond motifs is 1. The molecule has 254 valence electrons. The topological polar surface area (TPSA) is 177 Å². The first-order valence-corrected chi connectivity index (χ1v) is 16.9. The molecule has 6 atom stereocenters. The largest absolute Gasteiger partial charge is 0.459 e. The number of Topliss-reactive ketones (excluding diaryl/α,β-unsaturated/α-hetero) is 1. The summed E-state index contributed by atoms with van der Waals surface area (Å²) in [6, 6.07) is -2.77. The molecule has 1 saturated heterocycles. The lowest BCUT2D eigenvalue weighted by atomic mass is 9.85. The molecular weight excluding hydrogens is 610 g/mol. The molecule has 2 aliphatic carbocycles. The number of rotatable bonds is 12. The van der Waals surface area contributed by atoms with Crippen molar-refractivity contribution >= 4 is 46.8 Å². The molecule has 1 aliphatic heterocycles. The molecular formula is C33H49N5O7S. The molecule has 4 rings (SSSR count). The van der Waals surface area contributed by atoms with Crippen LogP contribution in [0.2, 0.25) is 0 Å². The van der Waals surface area contributed by atoms with Crippen molar-refractivity contribution in [2.45, 2.75) is 105 Å². The summed E-state index contributed by atoms with van der Waals surface area (Å²) < 4.78 is 5.51. The van der Waals surface area contributed by atoms with Gasteiger partial charge in [0.25, 0.3) is 5.91 Å². The van der Waals surface area contributed by atoms with E-state index in [1.807, 2.05) is 72.2 Å². The zero-order chi connectivity index (χ0) is 34.4. The minimum atomic E-state index is -1.11. The first-order chi connectivity index (χ1) is 21.2. The number of nitrogens with two attached hydrogens (primary N) is 1. The number of primary amides is 1. The van der Waals surface area contributed by atoms with E-state index in [0.717, 1.165) is 5.56 Å². The second kappa shape index (κ2) is 13.0. The van der Waals surface area contributed by atoms with Gasteiger partial charge in [-0.3, -0.25) is 19.2 Å². The maximum absolute atomic E-state index is 14.2. The van der Waals surface area contributed by atoms with Crippen LogP contribution in [0.4, 0.5) is 4.79 Å². The minimum Gasteiger partial charge on any atom is -0.459 e. The van der Waals surface area contributed by atoms with Crippen LogP contribution in [0.1, 0.15) is 80.2 Å². The van der Waals surface area contributed by atoms with Gasteiger partial charge in [-0.2, -0.15) is 11.3 Å². The molecule has 5 amide bonds. The molecule has 0 aromatic carbocycles. The zero-order valence-corrected chi connectivity index (χ0v) is 28.9. The summed E-state index contributed by atoms with van der Waals surface area (Å²) in [6.07, 6.45) is 1.69. The van der Waals surface area contributed by atoms with Crippen LogP contribution in [0.5, 0.6) is 0 Å². The Morgan fingerprint density at radius 2 is 1.70 bits per heavy atom. The van der Waals surface area contributed by atoms with Crippen molar-refractivity contribution in [2.75, 3.05) is 6.54 Å². The molecule has 0 spiro atoms. The second-order valence-corrected chi connectivity index (χ2v) is 16.7. The molecule has 3 fully saturated rings. The number of carbonyl (C=O) groups is 6. The second-order valence-electron chi connectivity index (χ2n) is 15.9. The number of ketones is 1. The highest BCUT2D eigenvalue weighted by molar-refractivity contribution is 7.07. The first kappa shape index (κ1) is 35.4. The van der Waals surface area contributed by atoms with E-state index < -0.39 is 65.1 Å². The average Bonchev–Trinajstić information content (AvgIpc) is 3.68. The molecule has 0 radical (unpaired) electrons. The minimum absolute atomic E-state index is 0.0574. The van der Waals surface area contributed by atoms with Crippen molar-refractivity contribution in [1.82, 2.24) is 20.9 Å². The Balaban J connectivity index is 1.50. The molecule has 1 aromatic heterocycles. The Hall–Kier alpha value is -3.48. The number of carbonyl (C=O) groups excluding carboxylic acids is 6. The Bertz CT molecular complexity index is 1360. The molecule has 13 heteroatoms. The van der Waals surface area contributed by atoms with Crippen LogP contribution in [0.3, 0.4) is 0 Å². The molecule has 1 unspecified atom stereocenters. The number of likely N-dealkylation sites (tertiary alicyclic amines) is 1. The van der Waals surface area contributed by atoms with Gasteiger partial charge in [0.05, 0.1) is 0 Å². The van der Waals surface area contributed by atoms with Gasteiger partial charge in [-0.25, -0.2) is 9.59 Å². The summed E-state index contributed by atoms with van der Waals surface area (Å²) in [5.41, 5.74) is 4.82. The van der Waals surface area contributed by atoms with E-state index in [1.54, 1.807) is 0 Å². The van der Waals surface area contributed by atoms with Crippen molar-refractivity contribution in [2.24, 2.45) is 39.7 Å². The quantitative estimate of drug-likeness (QED) is 0.197. The fourth-order valence-corrected chi connectivity index (χ4v) is 7.27. The maximum Gasteiger partial charge on any atom is 0.329 e. The average molecular weight is 660 g/mol. The zero-order valence-electron chi connectivity index (χ0n) is 28.1. The number of hydrogen-bond donors (Lipinski definition) is 4. The lowest BCUT2D eigenvalue weighted by molar-refractivity contribution is -0.148. The van der Waals surface area contributed by atoms with Gasteiger partial charge in [-0.15, -0.1) is 0 Å². The molecule has 46 heavy (non-hydrogen) atoms. The fourth-order valence-electron chi connectivity index (χ4n) is 6.61. The van der Waals surface area contributed by atoms with Crippen LogP contribution in [0.15, 0.2) is 16.8 Å². The molecule has 0 bridgehead atoms. The number of esters is 1. The number of nitrogens with one attached hydrogen (secondary N) is 3. The number of urea groups is 1. The highest BCUT2D eigenvalue weighted by atomic mass is 32.1. The molecule has 3 aliphatic rings. The number of thiophene rings is 1. The predicted molar refractivity (Wildman–Crippen MR) is 172 cm³/mol. The first-order valence-electron chi connectivity index (χ1n) is 15.9. The number of nitrogens with zero attached hydrogens (tertiary/aromatic N) is 1. The van der Waals surface area contributed by atoms with Crippen molar-refractivity contribution < 1.29 is 33.5 Å². The van der Waals surface area contributed by atoms with Gasteiger partial charge < -0.3 is 31.3 Å². The molecule has 5 N–H and O–H groups in total. The van der Waals surface area contributed by atoms with E-state index in [4.69, 9.17) is 10.5 Å². The van der Waals surface area contributed by atoms with Crippen molar-refractivity contribution in [3.05, 3.63) is 22.4 Å². The molecule has 2 heterocycles.